The molecule has 2 aromatic carbocycles. The Morgan fingerprint density at radius 1 is 1.15 bits per heavy atom. The van der Waals surface area contributed by atoms with Crippen LogP contribution in [0.4, 0.5) is 0 Å². The average Bonchev–Trinajstić information content (AvgIpc) is 2.86. The van der Waals surface area contributed by atoms with E-state index in [4.69, 9.17) is 10.00 Å². The first-order valence-electron chi connectivity index (χ1n) is 11.7. The third kappa shape index (κ3) is 10.3. The molecule has 1 aliphatic heterocycles. The molecule has 1 atom stereocenters. The van der Waals surface area contributed by atoms with E-state index in [0.29, 0.717) is 35.9 Å². The van der Waals surface area contributed by atoms with Crippen LogP contribution in [0.3, 0.4) is 0 Å². The van der Waals surface area contributed by atoms with Crippen molar-refractivity contribution in [2.75, 3.05) is 39.3 Å². The first-order valence-corrected chi connectivity index (χ1v) is 12.3. The highest BCUT2D eigenvalue weighted by molar-refractivity contribution is 7.27. The number of hydrogen-bond donors (Lipinski definition) is 2. The minimum atomic E-state index is -0.229. The average molecular weight is 483 g/mol. The zero-order valence-electron chi connectivity index (χ0n) is 19.9. The number of aryl methyl sites for hydroxylation is 1. The maximum Gasteiger partial charge on any atom is 0.251 e. The number of nitriles is 1. The van der Waals surface area contributed by atoms with Crippen molar-refractivity contribution < 1.29 is 14.3 Å². The highest BCUT2D eigenvalue weighted by atomic mass is 31.0. The summed E-state index contributed by atoms with van der Waals surface area (Å²) in [7, 11) is 2.42. The first kappa shape index (κ1) is 27.3. The number of piperidine rings is 1. The van der Waals surface area contributed by atoms with Crippen LogP contribution in [0.5, 0.6) is 5.75 Å². The molecule has 0 radical (unpaired) electrons. The van der Waals surface area contributed by atoms with Crippen molar-refractivity contribution in [3.05, 3.63) is 59.2 Å². The smallest absolute Gasteiger partial charge is 0.251 e. The van der Waals surface area contributed by atoms with Crippen molar-refractivity contribution in [2.45, 2.75) is 32.6 Å². The number of ether oxygens (including phenoxy) is 1. The van der Waals surface area contributed by atoms with E-state index < -0.39 is 0 Å². The summed E-state index contributed by atoms with van der Waals surface area (Å²) in [6.45, 7) is 7.43. The van der Waals surface area contributed by atoms with Crippen LogP contribution in [0, 0.1) is 18.3 Å². The first-order chi connectivity index (χ1) is 16.5. The van der Waals surface area contributed by atoms with E-state index in [1.54, 1.807) is 18.2 Å². The van der Waals surface area contributed by atoms with Crippen LogP contribution in [-0.2, 0) is 4.79 Å². The highest BCUT2D eigenvalue weighted by Crippen LogP contribution is 2.12. The number of amides is 2. The summed E-state index contributed by atoms with van der Waals surface area (Å²) >= 11 is 0. The second kappa shape index (κ2) is 15.8. The lowest BCUT2D eigenvalue weighted by atomic mass is 10.1. The number of likely N-dealkylation sites (tertiary alicyclic amines) is 1. The number of hydrogen-bond acceptors (Lipinski definition) is 5. The standard InChI is InChI=1S/C15H23NO.C11H12N3O2P/c1-14-6-8-15(9-7-14)17-13-5-12-16-10-3-2-4-11-16;12-6-8-1-2-9(10(17)5-8)11(16)14-4-3-13-7-15/h6-9H,2-5,10-13H2,1H3;1-2,5,7H,3-4,17H2,(H,13,15)(H,14,16). The molecule has 0 aromatic heterocycles. The SMILES string of the molecule is Cc1ccc(OCCCN2CCCCC2)cc1.N#Cc1ccc(C(=O)NCCNC=O)c(P)c1. The Morgan fingerprint density at radius 2 is 1.88 bits per heavy atom. The van der Waals surface area contributed by atoms with E-state index in [9.17, 15) is 9.59 Å². The molecule has 8 heteroatoms. The van der Waals surface area contributed by atoms with Gasteiger partial charge in [0.25, 0.3) is 5.91 Å². The number of carbonyl (C=O) groups is 2. The van der Waals surface area contributed by atoms with Crippen molar-refractivity contribution in [3.8, 4) is 11.8 Å². The van der Waals surface area contributed by atoms with Gasteiger partial charge >= 0.3 is 0 Å². The largest absolute Gasteiger partial charge is 0.494 e. The lowest BCUT2D eigenvalue weighted by Gasteiger charge is -2.26. The zero-order valence-corrected chi connectivity index (χ0v) is 21.0. The van der Waals surface area contributed by atoms with Crippen LogP contribution in [-0.4, -0.2) is 56.5 Å². The molecule has 1 aliphatic rings. The molecule has 0 bridgehead atoms. The van der Waals surface area contributed by atoms with Gasteiger partial charge in [-0.05, 0) is 74.9 Å². The second-order valence-electron chi connectivity index (χ2n) is 8.16. The third-order valence-corrected chi connectivity index (χ3v) is 5.90. The van der Waals surface area contributed by atoms with Gasteiger partial charge in [-0.1, -0.05) is 24.1 Å². The van der Waals surface area contributed by atoms with Gasteiger partial charge < -0.3 is 20.3 Å². The molecular weight excluding hydrogens is 447 g/mol. The fourth-order valence-electron chi connectivity index (χ4n) is 3.54. The van der Waals surface area contributed by atoms with E-state index in [0.717, 1.165) is 18.8 Å². The predicted octanol–water partition coefficient (Wildman–Crippen LogP) is 2.78. The molecule has 7 nitrogen and oxygen atoms in total. The molecule has 1 saturated heterocycles. The van der Waals surface area contributed by atoms with Crippen LogP contribution >= 0.6 is 9.24 Å². The molecule has 3 rings (SSSR count). The number of carbonyl (C=O) groups excluding carboxylic acids is 2. The van der Waals surface area contributed by atoms with E-state index in [2.05, 4.69) is 56.0 Å². The van der Waals surface area contributed by atoms with Gasteiger partial charge in [0.1, 0.15) is 5.75 Å². The van der Waals surface area contributed by atoms with Gasteiger partial charge in [-0.3, -0.25) is 9.59 Å². The molecule has 0 aliphatic carbocycles. The summed E-state index contributed by atoms with van der Waals surface area (Å²) in [5, 5.41) is 14.5. The molecule has 182 valence electrons. The minimum Gasteiger partial charge on any atom is -0.494 e. The van der Waals surface area contributed by atoms with Gasteiger partial charge in [0.2, 0.25) is 6.41 Å². The molecular formula is C26H35N4O3P. The molecule has 1 heterocycles. The lowest BCUT2D eigenvalue weighted by Crippen LogP contribution is -2.33. The second-order valence-corrected chi connectivity index (χ2v) is 8.78. The summed E-state index contributed by atoms with van der Waals surface area (Å²) in [6, 6.07) is 15.1. The molecule has 0 spiro atoms. The fraction of sp³-hybridized carbons (Fsp3) is 0.423. The van der Waals surface area contributed by atoms with E-state index in [1.165, 1.54) is 44.5 Å². The van der Waals surface area contributed by atoms with Gasteiger partial charge in [0.15, 0.2) is 0 Å². The molecule has 34 heavy (non-hydrogen) atoms. The summed E-state index contributed by atoms with van der Waals surface area (Å²) < 4.78 is 5.73. The van der Waals surface area contributed by atoms with Gasteiger partial charge in [-0.25, -0.2) is 0 Å². The summed E-state index contributed by atoms with van der Waals surface area (Å²) in [5.74, 6) is 0.765. The Balaban J connectivity index is 0.000000240. The molecule has 2 N–H and O–H groups in total. The van der Waals surface area contributed by atoms with Gasteiger partial charge in [0.05, 0.1) is 18.2 Å². The van der Waals surface area contributed by atoms with Gasteiger partial charge in [-0.2, -0.15) is 5.26 Å². The Hall–Kier alpha value is -2.94. The molecule has 2 amide bonds. The van der Waals surface area contributed by atoms with E-state index in [-0.39, 0.29) is 5.91 Å². The molecule has 1 unspecified atom stereocenters. The summed E-state index contributed by atoms with van der Waals surface area (Å²) in [4.78, 5) is 24.2. The van der Waals surface area contributed by atoms with E-state index >= 15 is 0 Å². The van der Waals surface area contributed by atoms with Crippen molar-refractivity contribution >= 4 is 26.9 Å². The van der Waals surface area contributed by atoms with Crippen LogP contribution in [0.1, 0.15) is 47.2 Å². The summed E-state index contributed by atoms with van der Waals surface area (Å²) in [5.41, 5.74) is 2.29. The minimum absolute atomic E-state index is 0.229. The van der Waals surface area contributed by atoms with E-state index in [1.807, 2.05) is 6.07 Å². The number of rotatable bonds is 10. The van der Waals surface area contributed by atoms with Crippen molar-refractivity contribution in [1.29, 1.82) is 5.26 Å². The monoisotopic (exact) mass is 482 g/mol. The predicted molar refractivity (Wildman–Crippen MR) is 138 cm³/mol. The van der Waals surface area contributed by atoms with Crippen LogP contribution in [0.25, 0.3) is 0 Å². The Labute approximate surface area is 205 Å². The van der Waals surface area contributed by atoms with Crippen LogP contribution < -0.4 is 20.7 Å². The number of benzene rings is 2. The maximum atomic E-state index is 11.7. The fourth-order valence-corrected chi connectivity index (χ4v) is 3.94. The Morgan fingerprint density at radius 3 is 2.53 bits per heavy atom. The number of nitrogens with one attached hydrogen (secondary N) is 2. The van der Waals surface area contributed by atoms with Gasteiger partial charge in [0, 0.05) is 25.2 Å². The quantitative estimate of drug-likeness (QED) is 0.309. The molecule has 0 saturated carbocycles. The normalized spacial score (nSPS) is 13.1. The summed E-state index contributed by atoms with van der Waals surface area (Å²) in [6.07, 6.45) is 5.87. The van der Waals surface area contributed by atoms with Gasteiger partial charge in [-0.15, -0.1) is 9.24 Å². The number of nitrogens with zero attached hydrogens (tertiary/aromatic N) is 2. The molecule has 1 fully saturated rings. The Kier molecular flexibility index (Phi) is 12.7. The third-order valence-electron chi connectivity index (χ3n) is 5.42. The van der Waals surface area contributed by atoms with Crippen molar-refractivity contribution in [3.63, 3.8) is 0 Å². The van der Waals surface area contributed by atoms with Crippen LogP contribution in [0.15, 0.2) is 42.5 Å². The maximum absolute atomic E-state index is 11.7. The Bertz CT molecular complexity index is 938. The lowest BCUT2D eigenvalue weighted by molar-refractivity contribution is -0.109. The van der Waals surface area contributed by atoms with Crippen LogP contribution in [0.2, 0.25) is 0 Å². The highest BCUT2D eigenvalue weighted by Gasteiger charge is 2.09. The zero-order chi connectivity index (χ0) is 24.6. The molecule has 2 aromatic rings. The van der Waals surface area contributed by atoms with Crippen molar-refractivity contribution in [1.82, 2.24) is 15.5 Å². The topological polar surface area (TPSA) is 94.5 Å². The van der Waals surface area contributed by atoms with Crippen molar-refractivity contribution in [2.24, 2.45) is 0 Å².